The van der Waals surface area contributed by atoms with Crippen molar-refractivity contribution in [3.8, 4) is 0 Å². The molecule has 0 fully saturated rings. The van der Waals surface area contributed by atoms with Gasteiger partial charge < -0.3 is 4.90 Å². The van der Waals surface area contributed by atoms with E-state index >= 15 is 0 Å². The third-order valence-electron chi connectivity index (χ3n) is 5.92. The highest BCUT2D eigenvalue weighted by atomic mass is 15.2. The molecule has 0 bridgehead atoms. The summed E-state index contributed by atoms with van der Waals surface area (Å²) in [6.45, 7) is 12.3. The molecule has 4 rings (SSSR count). The number of hydrogen-bond acceptors (Lipinski definition) is 2. The molecule has 2 nitrogen and oxygen atoms in total. The second-order valence-corrected chi connectivity index (χ2v) is 8.62. The van der Waals surface area contributed by atoms with Crippen LogP contribution in [0.5, 0.6) is 0 Å². The summed E-state index contributed by atoms with van der Waals surface area (Å²) in [5.74, 6) is 0. The first-order valence-electron chi connectivity index (χ1n) is 10.5. The monoisotopic (exact) mass is 382 g/mol. The summed E-state index contributed by atoms with van der Waals surface area (Å²) in [6.07, 6.45) is 5.56. The minimum Gasteiger partial charge on any atom is -0.362 e. The van der Waals surface area contributed by atoms with E-state index in [9.17, 15) is 0 Å². The molecule has 29 heavy (non-hydrogen) atoms. The van der Waals surface area contributed by atoms with Gasteiger partial charge in [-0.2, -0.15) is 0 Å². The lowest BCUT2D eigenvalue weighted by Gasteiger charge is -2.43. The van der Waals surface area contributed by atoms with Crippen LogP contribution in [0.15, 0.2) is 65.7 Å². The molecule has 0 saturated carbocycles. The maximum absolute atomic E-state index is 4.87. The number of benzene rings is 3. The van der Waals surface area contributed by atoms with Crippen molar-refractivity contribution in [1.82, 2.24) is 0 Å². The highest BCUT2D eigenvalue weighted by Gasteiger charge is 2.31. The van der Waals surface area contributed by atoms with E-state index in [2.05, 4.69) is 100 Å². The fourth-order valence-electron chi connectivity index (χ4n) is 4.48. The van der Waals surface area contributed by atoms with Gasteiger partial charge in [-0.05, 0) is 74.4 Å². The molecule has 0 saturated heterocycles. The van der Waals surface area contributed by atoms with Gasteiger partial charge in [-0.15, -0.1) is 0 Å². The van der Waals surface area contributed by atoms with E-state index in [1.54, 1.807) is 0 Å². The molecule has 2 heteroatoms. The van der Waals surface area contributed by atoms with E-state index in [0.717, 1.165) is 18.7 Å². The standard InChI is InChI=1S/C27H30N2/c1-6-14-29-26-15-19(2)22(16-24(26)20(3)17-27(29,4)5)18-28-25-13-9-11-21-10-7-8-12-23(21)25/h7-13,15-18H,6,14H2,1-5H3. The minimum atomic E-state index is 0.0398. The number of allylic oxidation sites excluding steroid dienone is 1. The first-order valence-corrected chi connectivity index (χ1v) is 10.5. The molecule has 0 aliphatic carbocycles. The van der Waals surface area contributed by atoms with Gasteiger partial charge >= 0.3 is 0 Å². The first-order chi connectivity index (χ1) is 13.9. The molecular weight excluding hydrogens is 352 g/mol. The molecule has 148 valence electrons. The average Bonchev–Trinajstić information content (AvgIpc) is 2.69. The maximum atomic E-state index is 4.87. The Morgan fingerprint density at radius 3 is 2.55 bits per heavy atom. The molecular formula is C27H30N2. The summed E-state index contributed by atoms with van der Waals surface area (Å²) in [5, 5.41) is 2.41. The summed E-state index contributed by atoms with van der Waals surface area (Å²) in [7, 11) is 0. The van der Waals surface area contributed by atoms with Crippen LogP contribution in [0.25, 0.3) is 16.3 Å². The summed E-state index contributed by atoms with van der Waals surface area (Å²) >= 11 is 0. The zero-order chi connectivity index (χ0) is 20.6. The molecule has 0 radical (unpaired) electrons. The second-order valence-electron chi connectivity index (χ2n) is 8.62. The smallest absolute Gasteiger partial charge is 0.0708 e. The topological polar surface area (TPSA) is 15.6 Å². The number of hydrogen-bond donors (Lipinski definition) is 0. The van der Waals surface area contributed by atoms with Crippen molar-refractivity contribution >= 4 is 33.9 Å². The number of aryl methyl sites for hydroxylation is 1. The van der Waals surface area contributed by atoms with Crippen molar-refractivity contribution in [2.45, 2.75) is 46.6 Å². The van der Waals surface area contributed by atoms with E-state index in [1.165, 1.54) is 38.7 Å². The number of nitrogens with zero attached hydrogens (tertiary/aromatic N) is 2. The Balaban J connectivity index is 1.77. The van der Waals surface area contributed by atoms with Gasteiger partial charge in [0.2, 0.25) is 0 Å². The Kier molecular flexibility index (Phi) is 5.04. The molecule has 1 heterocycles. The summed E-state index contributed by atoms with van der Waals surface area (Å²) in [4.78, 5) is 7.40. The van der Waals surface area contributed by atoms with Gasteiger partial charge in [-0.25, -0.2) is 0 Å². The lowest BCUT2D eigenvalue weighted by atomic mass is 9.87. The normalized spacial score (nSPS) is 15.6. The Hall–Kier alpha value is -2.87. The Bertz CT molecular complexity index is 1110. The largest absolute Gasteiger partial charge is 0.362 e. The molecule has 0 N–H and O–H groups in total. The van der Waals surface area contributed by atoms with Gasteiger partial charge in [0.05, 0.1) is 11.2 Å². The zero-order valence-electron chi connectivity index (χ0n) is 18.2. The molecule has 0 unspecified atom stereocenters. The van der Waals surface area contributed by atoms with Crippen molar-refractivity contribution in [2.75, 3.05) is 11.4 Å². The van der Waals surface area contributed by atoms with E-state index < -0.39 is 0 Å². The van der Waals surface area contributed by atoms with Crippen molar-refractivity contribution in [3.05, 3.63) is 77.4 Å². The van der Waals surface area contributed by atoms with E-state index in [1.807, 2.05) is 6.21 Å². The predicted molar refractivity (Wildman–Crippen MR) is 128 cm³/mol. The van der Waals surface area contributed by atoms with Gasteiger partial charge in [0.15, 0.2) is 0 Å². The SMILES string of the molecule is CCCN1c2cc(C)c(C=Nc3cccc4ccccc34)cc2C(C)=CC1(C)C. The lowest BCUT2D eigenvalue weighted by molar-refractivity contribution is 0.550. The van der Waals surface area contributed by atoms with Crippen molar-refractivity contribution in [1.29, 1.82) is 0 Å². The quantitative estimate of drug-likeness (QED) is 0.432. The minimum absolute atomic E-state index is 0.0398. The van der Waals surface area contributed by atoms with Crippen LogP contribution in [0.1, 0.15) is 50.8 Å². The fraction of sp³-hybridized carbons (Fsp3) is 0.296. The number of anilines is 1. The highest BCUT2D eigenvalue weighted by Crippen LogP contribution is 2.40. The molecule has 1 aliphatic rings. The number of aliphatic imine (C=N–C) groups is 1. The van der Waals surface area contributed by atoms with Crippen molar-refractivity contribution in [3.63, 3.8) is 0 Å². The number of rotatable bonds is 4. The van der Waals surface area contributed by atoms with Gasteiger partial charge in [0, 0.05) is 29.4 Å². The Morgan fingerprint density at radius 2 is 1.76 bits per heavy atom. The van der Waals surface area contributed by atoms with Crippen LogP contribution in [0, 0.1) is 6.92 Å². The first kappa shape index (κ1) is 19.4. The third kappa shape index (κ3) is 3.60. The predicted octanol–water partition coefficient (Wildman–Crippen LogP) is 7.31. The van der Waals surface area contributed by atoms with Gasteiger partial charge in [0.1, 0.15) is 0 Å². The van der Waals surface area contributed by atoms with Crippen LogP contribution >= 0.6 is 0 Å². The fourth-order valence-corrected chi connectivity index (χ4v) is 4.48. The Labute approximate surface area is 174 Å². The van der Waals surface area contributed by atoms with E-state index in [0.29, 0.717) is 0 Å². The summed E-state index contributed by atoms with van der Waals surface area (Å²) in [6, 6.07) is 19.4. The third-order valence-corrected chi connectivity index (χ3v) is 5.92. The number of fused-ring (bicyclic) bond motifs is 2. The van der Waals surface area contributed by atoms with Gasteiger partial charge in [-0.3, -0.25) is 4.99 Å². The van der Waals surface area contributed by atoms with E-state index in [-0.39, 0.29) is 5.54 Å². The molecule has 0 aromatic heterocycles. The van der Waals surface area contributed by atoms with Crippen molar-refractivity contribution < 1.29 is 0 Å². The molecule has 3 aromatic carbocycles. The van der Waals surface area contributed by atoms with E-state index in [4.69, 9.17) is 4.99 Å². The lowest BCUT2D eigenvalue weighted by Crippen LogP contribution is -2.45. The zero-order valence-corrected chi connectivity index (χ0v) is 18.2. The van der Waals surface area contributed by atoms with Crippen LogP contribution in [-0.2, 0) is 0 Å². The molecule has 0 amide bonds. The van der Waals surface area contributed by atoms with Crippen LogP contribution in [0.3, 0.4) is 0 Å². The maximum Gasteiger partial charge on any atom is 0.0708 e. The highest BCUT2D eigenvalue weighted by molar-refractivity contribution is 5.96. The van der Waals surface area contributed by atoms with Gasteiger partial charge in [-0.1, -0.05) is 49.4 Å². The average molecular weight is 383 g/mol. The van der Waals surface area contributed by atoms with Crippen LogP contribution < -0.4 is 4.90 Å². The summed E-state index contributed by atoms with van der Waals surface area (Å²) < 4.78 is 0. The molecule has 1 aliphatic heterocycles. The van der Waals surface area contributed by atoms with Crippen LogP contribution in [-0.4, -0.2) is 18.3 Å². The van der Waals surface area contributed by atoms with Crippen LogP contribution in [0.4, 0.5) is 11.4 Å². The van der Waals surface area contributed by atoms with Gasteiger partial charge in [0.25, 0.3) is 0 Å². The Morgan fingerprint density at radius 1 is 1.00 bits per heavy atom. The summed E-state index contributed by atoms with van der Waals surface area (Å²) in [5.41, 5.74) is 7.51. The molecule has 0 spiro atoms. The second kappa shape index (κ2) is 7.51. The molecule has 3 aromatic rings. The molecule has 0 atom stereocenters. The van der Waals surface area contributed by atoms with Crippen LogP contribution in [0.2, 0.25) is 0 Å². The van der Waals surface area contributed by atoms with Crippen molar-refractivity contribution in [2.24, 2.45) is 4.99 Å².